The number of carbonyl (C=O) groups excluding carboxylic acids is 3. The summed E-state index contributed by atoms with van der Waals surface area (Å²) in [6, 6.07) is 7.32. The van der Waals surface area contributed by atoms with Crippen LogP contribution >= 0.6 is 0 Å². The van der Waals surface area contributed by atoms with Gasteiger partial charge < -0.3 is 19.9 Å². The van der Waals surface area contributed by atoms with Crippen molar-refractivity contribution in [2.75, 3.05) is 0 Å². The van der Waals surface area contributed by atoms with Crippen molar-refractivity contribution in [1.82, 2.24) is 5.32 Å². The van der Waals surface area contributed by atoms with Crippen molar-refractivity contribution >= 4 is 24.3 Å². The van der Waals surface area contributed by atoms with E-state index < -0.39 is 30.1 Å². The first-order valence-electron chi connectivity index (χ1n) is 6.75. The van der Waals surface area contributed by atoms with Gasteiger partial charge in [-0.1, -0.05) is 18.2 Å². The number of ether oxygens (including phenoxy) is 2. The van der Waals surface area contributed by atoms with Crippen LogP contribution in [0.3, 0.4) is 0 Å². The fraction of sp³-hybridized carbons (Fsp3) is 0.333. The fourth-order valence-corrected chi connectivity index (χ4v) is 1.70. The van der Waals surface area contributed by atoms with Gasteiger partial charge in [-0.25, -0.2) is 9.59 Å². The molecule has 1 aromatic rings. The lowest BCUT2D eigenvalue weighted by molar-refractivity contribution is -0.166. The van der Waals surface area contributed by atoms with E-state index in [4.69, 9.17) is 4.74 Å². The van der Waals surface area contributed by atoms with Gasteiger partial charge >= 0.3 is 11.9 Å². The number of benzene rings is 1. The fourth-order valence-electron chi connectivity index (χ4n) is 1.70. The van der Waals surface area contributed by atoms with E-state index in [-0.39, 0.29) is 18.1 Å². The third kappa shape index (κ3) is 5.42. The molecule has 2 atom stereocenters. The van der Waals surface area contributed by atoms with E-state index in [9.17, 15) is 24.3 Å². The summed E-state index contributed by atoms with van der Waals surface area (Å²) in [5.74, 6) is -3.43. The molecule has 0 spiro atoms. The van der Waals surface area contributed by atoms with Crippen LogP contribution in [-0.4, -0.2) is 47.7 Å². The zero-order valence-electron chi connectivity index (χ0n) is 12.6. The van der Waals surface area contributed by atoms with Crippen LogP contribution in [0, 0.1) is 0 Å². The van der Waals surface area contributed by atoms with Crippen LogP contribution in [0.1, 0.15) is 24.2 Å². The lowest BCUT2D eigenvalue weighted by Gasteiger charge is -2.22. The summed E-state index contributed by atoms with van der Waals surface area (Å²) in [5.41, 5.74) is 0.105. The molecule has 0 aliphatic rings. The molecule has 0 bridgehead atoms. The number of aliphatic carboxylic acids is 1. The van der Waals surface area contributed by atoms with Crippen molar-refractivity contribution in [3.05, 3.63) is 35.9 Å². The lowest BCUT2D eigenvalue weighted by atomic mass is 10.1. The Hall–Kier alpha value is -2.90. The Morgan fingerprint density at radius 1 is 1.13 bits per heavy atom. The van der Waals surface area contributed by atoms with E-state index in [1.54, 1.807) is 32.0 Å². The highest BCUT2D eigenvalue weighted by Crippen LogP contribution is 2.10. The van der Waals surface area contributed by atoms with Crippen molar-refractivity contribution in [2.24, 2.45) is 0 Å². The smallest absolute Gasteiger partial charge is 0.349 e. The maximum absolute atomic E-state index is 12.0. The van der Waals surface area contributed by atoms with Gasteiger partial charge in [-0.05, 0) is 26.0 Å². The Labute approximate surface area is 132 Å². The summed E-state index contributed by atoms with van der Waals surface area (Å²) in [7, 11) is 0. The Morgan fingerprint density at radius 2 is 1.74 bits per heavy atom. The molecule has 2 N–H and O–H groups in total. The molecule has 0 saturated carbocycles. The topological polar surface area (TPSA) is 119 Å². The predicted molar refractivity (Wildman–Crippen MR) is 77.5 cm³/mol. The molecule has 1 rings (SSSR count). The SMILES string of the molecule is CC(C)NC(=O)C(OC=O)C(OC(=O)c1ccccc1)C(=O)O. The molecule has 8 nitrogen and oxygen atoms in total. The summed E-state index contributed by atoms with van der Waals surface area (Å²) in [6.07, 6.45) is -3.76. The Morgan fingerprint density at radius 3 is 2.22 bits per heavy atom. The van der Waals surface area contributed by atoms with Crippen LogP contribution in [-0.2, 0) is 23.9 Å². The monoisotopic (exact) mass is 323 g/mol. The second kappa shape index (κ2) is 8.52. The highest BCUT2D eigenvalue weighted by molar-refractivity contribution is 5.94. The first kappa shape index (κ1) is 18.1. The minimum Gasteiger partial charge on any atom is -0.478 e. The van der Waals surface area contributed by atoms with Gasteiger partial charge in [0.2, 0.25) is 12.2 Å². The third-order valence-corrected chi connectivity index (χ3v) is 2.65. The van der Waals surface area contributed by atoms with Crippen LogP contribution < -0.4 is 5.32 Å². The van der Waals surface area contributed by atoms with Crippen LogP contribution in [0.4, 0.5) is 0 Å². The van der Waals surface area contributed by atoms with Crippen molar-refractivity contribution in [3.63, 3.8) is 0 Å². The molecule has 0 aromatic heterocycles. The minimum atomic E-state index is -1.97. The molecular weight excluding hydrogens is 306 g/mol. The quantitative estimate of drug-likeness (QED) is 0.523. The van der Waals surface area contributed by atoms with Gasteiger partial charge in [0.05, 0.1) is 5.56 Å². The Bertz CT molecular complexity index is 570. The third-order valence-electron chi connectivity index (χ3n) is 2.65. The van der Waals surface area contributed by atoms with Crippen LogP contribution in [0.5, 0.6) is 0 Å². The second-order valence-corrected chi connectivity index (χ2v) is 4.85. The molecule has 0 fully saturated rings. The average molecular weight is 323 g/mol. The van der Waals surface area contributed by atoms with Gasteiger partial charge in [-0.3, -0.25) is 9.59 Å². The highest BCUT2D eigenvalue weighted by atomic mass is 16.6. The largest absolute Gasteiger partial charge is 0.478 e. The molecule has 23 heavy (non-hydrogen) atoms. The van der Waals surface area contributed by atoms with Gasteiger partial charge in [0.1, 0.15) is 0 Å². The number of carbonyl (C=O) groups is 4. The molecule has 1 amide bonds. The summed E-state index contributed by atoms with van der Waals surface area (Å²) >= 11 is 0. The summed E-state index contributed by atoms with van der Waals surface area (Å²) in [4.78, 5) is 45.8. The zero-order valence-corrected chi connectivity index (χ0v) is 12.6. The standard InChI is InChI=1S/C15H17NO7/c1-9(2)16-13(18)11(22-8-17)12(14(19)20)23-15(21)10-6-4-3-5-7-10/h3-9,11-12H,1-2H3,(H,16,18)(H,19,20). The number of amides is 1. The molecule has 124 valence electrons. The predicted octanol–water partition coefficient (Wildman–Crippen LogP) is 0.363. The maximum atomic E-state index is 12.0. The van der Waals surface area contributed by atoms with E-state index in [1.807, 2.05) is 0 Å². The van der Waals surface area contributed by atoms with E-state index >= 15 is 0 Å². The van der Waals surface area contributed by atoms with Crippen LogP contribution in [0.2, 0.25) is 0 Å². The molecule has 0 saturated heterocycles. The van der Waals surface area contributed by atoms with Crippen molar-refractivity contribution in [3.8, 4) is 0 Å². The summed E-state index contributed by atoms with van der Waals surface area (Å²) in [6.45, 7) is 3.21. The molecule has 0 heterocycles. The zero-order chi connectivity index (χ0) is 17.4. The molecule has 0 aliphatic heterocycles. The van der Waals surface area contributed by atoms with Crippen molar-refractivity contribution in [2.45, 2.75) is 32.1 Å². The Kier molecular flexibility index (Phi) is 6.72. The second-order valence-electron chi connectivity index (χ2n) is 4.85. The van der Waals surface area contributed by atoms with E-state index in [1.165, 1.54) is 12.1 Å². The van der Waals surface area contributed by atoms with E-state index in [0.717, 1.165) is 0 Å². The van der Waals surface area contributed by atoms with Gasteiger partial charge in [0, 0.05) is 6.04 Å². The van der Waals surface area contributed by atoms with Crippen LogP contribution in [0.25, 0.3) is 0 Å². The number of hydrogen-bond donors (Lipinski definition) is 2. The maximum Gasteiger partial charge on any atom is 0.349 e. The lowest BCUT2D eigenvalue weighted by Crippen LogP contribution is -2.50. The molecule has 8 heteroatoms. The highest BCUT2D eigenvalue weighted by Gasteiger charge is 2.39. The number of nitrogens with one attached hydrogen (secondary N) is 1. The van der Waals surface area contributed by atoms with Gasteiger partial charge in [0.25, 0.3) is 12.4 Å². The first-order valence-corrected chi connectivity index (χ1v) is 6.75. The van der Waals surface area contributed by atoms with E-state index in [0.29, 0.717) is 0 Å². The van der Waals surface area contributed by atoms with Gasteiger partial charge in [-0.2, -0.15) is 0 Å². The summed E-state index contributed by atoms with van der Waals surface area (Å²) < 4.78 is 9.35. The molecular formula is C15H17NO7. The number of esters is 1. The van der Waals surface area contributed by atoms with Crippen molar-refractivity contribution < 1.29 is 33.8 Å². The number of hydrogen-bond acceptors (Lipinski definition) is 6. The first-order chi connectivity index (χ1) is 10.9. The van der Waals surface area contributed by atoms with Gasteiger partial charge in [0.15, 0.2) is 0 Å². The number of carboxylic acid groups (broad SMARTS) is 1. The van der Waals surface area contributed by atoms with Crippen molar-refractivity contribution in [1.29, 1.82) is 0 Å². The molecule has 0 aliphatic carbocycles. The average Bonchev–Trinajstić information content (AvgIpc) is 2.50. The Balaban J connectivity index is 2.97. The number of carboxylic acids is 1. The van der Waals surface area contributed by atoms with E-state index in [2.05, 4.69) is 10.1 Å². The molecule has 1 aromatic carbocycles. The summed E-state index contributed by atoms with van der Waals surface area (Å²) in [5, 5.41) is 11.6. The molecule has 2 unspecified atom stereocenters. The molecule has 0 radical (unpaired) electrons. The van der Waals surface area contributed by atoms with Crippen LogP contribution in [0.15, 0.2) is 30.3 Å². The minimum absolute atomic E-state index is 0.0726. The van der Waals surface area contributed by atoms with Gasteiger partial charge in [-0.15, -0.1) is 0 Å². The number of rotatable bonds is 8. The normalized spacial score (nSPS) is 12.8.